The highest BCUT2D eigenvalue weighted by Gasteiger charge is 2.33. The van der Waals surface area contributed by atoms with Gasteiger partial charge in [0.05, 0.1) is 34.1 Å². The van der Waals surface area contributed by atoms with E-state index in [4.69, 9.17) is 16.3 Å². The van der Waals surface area contributed by atoms with E-state index in [1.165, 1.54) is 11.3 Å². The standard InChI is InChI=1S/C24H25ClN4O3S/c1-6-28-15(5)18(13(3)27-28)12-19-22(30)29-21(16-8-10-17(25)11-9-16)20(23(31)32-7-2)14(4)26-24(29)33-19/h8-12,21H,6-7H2,1-5H3/b19-12-/t21-/m0/s1. The van der Waals surface area contributed by atoms with Crippen molar-refractivity contribution < 1.29 is 9.53 Å². The number of aromatic nitrogens is 3. The maximum Gasteiger partial charge on any atom is 0.338 e. The van der Waals surface area contributed by atoms with E-state index in [1.54, 1.807) is 30.5 Å². The molecule has 3 aromatic rings. The molecule has 2 aromatic heterocycles. The Labute approximate surface area is 200 Å². The minimum atomic E-state index is -0.653. The van der Waals surface area contributed by atoms with Gasteiger partial charge in [-0.2, -0.15) is 5.10 Å². The van der Waals surface area contributed by atoms with Crippen LogP contribution < -0.4 is 14.9 Å². The Balaban J connectivity index is 1.97. The summed E-state index contributed by atoms with van der Waals surface area (Å²) in [5.41, 5.74) is 4.21. The summed E-state index contributed by atoms with van der Waals surface area (Å²) in [7, 11) is 0. The molecular weight excluding hydrogens is 460 g/mol. The van der Waals surface area contributed by atoms with Crippen LogP contribution in [-0.2, 0) is 16.1 Å². The second-order valence-corrected chi connectivity index (χ2v) is 9.20. The molecule has 0 unspecified atom stereocenters. The zero-order valence-electron chi connectivity index (χ0n) is 19.2. The van der Waals surface area contributed by atoms with Gasteiger partial charge in [0, 0.05) is 22.8 Å². The molecule has 0 saturated carbocycles. The monoisotopic (exact) mass is 484 g/mol. The first kappa shape index (κ1) is 23.2. The highest BCUT2D eigenvalue weighted by Crippen LogP contribution is 2.31. The molecule has 1 aliphatic rings. The molecule has 0 fully saturated rings. The lowest BCUT2D eigenvalue weighted by atomic mass is 9.96. The number of hydrogen-bond donors (Lipinski definition) is 0. The molecule has 4 rings (SSSR count). The molecule has 1 atom stereocenters. The Morgan fingerprint density at radius 3 is 2.52 bits per heavy atom. The first-order valence-electron chi connectivity index (χ1n) is 10.8. The number of carbonyl (C=O) groups is 1. The average molecular weight is 485 g/mol. The van der Waals surface area contributed by atoms with Crippen molar-refractivity contribution in [3.05, 3.63) is 82.8 Å². The largest absolute Gasteiger partial charge is 0.463 e. The topological polar surface area (TPSA) is 78.5 Å². The van der Waals surface area contributed by atoms with Crippen LogP contribution in [0, 0.1) is 13.8 Å². The summed E-state index contributed by atoms with van der Waals surface area (Å²) >= 11 is 7.40. The lowest BCUT2D eigenvalue weighted by Gasteiger charge is -2.24. The van der Waals surface area contributed by atoms with Gasteiger partial charge < -0.3 is 4.74 Å². The number of ether oxygens (including phenoxy) is 1. The SMILES string of the molecule is CCOC(=O)C1=C(C)N=c2s/c(=C\c3c(C)nn(CC)c3C)c(=O)n2[C@H]1c1ccc(Cl)cc1. The van der Waals surface area contributed by atoms with Gasteiger partial charge >= 0.3 is 5.97 Å². The quantitative estimate of drug-likeness (QED) is 0.520. The first-order valence-corrected chi connectivity index (χ1v) is 11.9. The van der Waals surface area contributed by atoms with Crippen molar-refractivity contribution >= 4 is 35.0 Å². The van der Waals surface area contributed by atoms with Crippen molar-refractivity contribution in [3.63, 3.8) is 0 Å². The van der Waals surface area contributed by atoms with Crippen LogP contribution in [-0.4, -0.2) is 26.9 Å². The smallest absolute Gasteiger partial charge is 0.338 e. The maximum absolute atomic E-state index is 13.7. The number of esters is 1. The number of rotatable bonds is 5. The fourth-order valence-electron chi connectivity index (χ4n) is 4.11. The van der Waals surface area contributed by atoms with Gasteiger partial charge in [0.1, 0.15) is 0 Å². The average Bonchev–Trinajstić information content (AvgIpc) is 3.23. The van der Waals surface area contributed by atoms with Gasteiger partial charge in [0.15, 0.2) is 4.80 Å². The number of allylic oxidation sites excluding steroid dienone is 1. The van der Waals surface area contributed by atoms with Gasteiger partial charge in [-0.25, -0.2) is 9.79 Å². The molecule has 1 aliphatic heterocycles. The van der Waals surface area contributed by atoms with Gasteiger partial charge in [0.2, 0.25) is 0 Å². The lowest BCUT2D eigenvalue weighted by Crippen LogP contribution is -2.39. The summed E-state index contributed by atoms with van der Waals surface area (Å²) in [6.45, 7) is 10.5. The van der Waals surface area contributed by atoms with Crippen LogP contribution in [0.4, 0.5) is 0 Å². The van der Waals surface area contributed by atoms with Crippen LogP contribution in [0.2, 0.25) is 5.02 Å². The minimum absolute atomic E-state index is 0.212. The van der Waals surface area contributed by atoms with E-state index in [-0.39, 0.29) is 12.2 Å². The number of hydrogen-bond acceptors (Lipinski definition) is 6. The summed E-state index contributed by atoms with van der Waals surface area (Å²) in [6, 6.07) is 6.48. The second kappa shape index (κ2) is 9.11. The van der Waals surface area contributed by atoms with Crippen LogP contribution in [0.1, 0.15) is 49.3 Å². The highest BCUT2D eigenvalue weighted by atomic mass is 35.5. The molecular formula is C24H25ClN4O3S. The van der Waals surface area contributed by atoms with Crippen LogP contribution in [0.5, 0.6) is 0 Å². The molecule has 1 aromatic carbocycles. The van der Waals surface area contributed by atoms with Crippen molar-refractivity contribution in [1.82, 2.24) is 14.3 Å². The number of aryl methyl sites for hydroxylation is 2. The lowest BCUT2D eigenvalue weighted by molar-refractivity contribution is -0.139. The van der Waals surface area contributed by atoms with Gasteiger partial charge in [-0.3, -0.25) is 14.0 Å². The van der Waals surface area contributed by atoms with Crippen LogP contribution in [0.15, 0.2) is 45.3 Å². The predicted octanol–water partition coefficient (Wildman–Crippen LogP) is 3.28. The fourth-order valence-corrected chi connectivity index (χ4v) is 5.26. The van der Waals surface area contributed by atoms with E-state index in [0.29, 0.717) is 25.6 Å². The zero-order chi connectivity index (χ0) is 23.9. The van der Waals surface area contributed by atoms with Gasteiger partial charge in [-0.1, -0.05) is 35.1 Å². The molecule has 0 aliphatic carbocycles. The summed E-state index contributed by atoms with van der Waals surface area (Å²) < 4.78 is 9.34. The molecule has 7 nitrogen and oxygen atoms in total. The molecule has 0 saturated heterocycles. The van der Waals surface area contributed by atoms with Crippen LogP contribution in [0.3, 0.4) is 0 Å². The van der Waals surface area contributed by atoms with Crippen molar-refractivity contribution in [2.24, 2.45) is 4.99 Å². The summed E-state index contributed by atoms with van der Waals surface area (Å²) in [5, 5.41) is 5.12. The number of fused-ring (bicyclic) bond motifs is 1. The van der Waals surface area contributed by atoms with E-state index >= 15 is 0 Å². The Morgan fingerprint density at radius 2 is 1.91 bits per heavy atom. The number of halogens is 1. The highest BCUT2D eigenvalue weighted by molar-refractivity contribution is 7.07. The van der Waals surface area contributed by atoms with E-state index in [1.807, 2.05) is 43.7 Å². The zero-order valence-corrected chi connectivity index (χ0v) is 20.8. The van der Waals surface area contributed by atoms with E-state index in [2.05, 4.69) is 10.1 Å². The number of benzene rings is 1. The van der Waals surface area contributed by atoms with Crippen molar-refractivity contribution in [3.8, 4) is 0 Å². The first-order chi connectivity index (χ1) is 15.8. The van der Waals surface area contributed by atoms with Crippen LogP contribution in [0.25, 0.3) is 6.08 Å². The van der Waals surface area contributed by atoms with E-state index < -0.39 is 12.0 Å². The van der Waals surface area contributed by atoms with E-state index in [9.17, 15) is 9.59 Å². The maximum atomic E-state index is 13.7. The Bertz CT molecular complexity index is 1440. The minimum Gasteiger partial charge on any atom is -0.463 e. The van der Waals surface area contributed by atoms with Crippen molar-refractivity contribution in [2.75, 3.05) is 6.61 Å². The third kappa shape index (κ3) is 4.09. The fraction of sp³-hybridized carbons (Fsp3) is 0.333. The second-order valence-electron chi connectivity index (χ2n) is 7.75. The molecule has 172 valence electrons. The van der Waals surface area contributed by atoms with Crippen molar-refractivity contribution in [1.29, 1.82) is 0 Å². The Morgan fingerprint density at radius 1 is 1.21 bits per heavy atom. The molecule has 0 radical (unpaired) electrons. The molecule has 0 N–H and O–H groups in total. The van der Waals surface area contributed by atoms with Gasteiger partial charge in [-0.05, 0) is 58.4 Å². The summed E-state index contributed by atoms with van der Waals surface area (Å²) in [6.07, 6.45) is 1.87. The predicted molar refractivity (Wildman–Crippen MR) is 129 cm³/mol. The summed E-state index contributed by atoms with van der Waals surface area (Å²) in [4.78, 5) is 31.7. The Kier molecular flexibility index (Phi) is 6.41. The molecule has 0 amide bonds. The molecule has 3 heterocycles. The molecule has 0 spiro atoms. The van der Waals surface area contributed by atoms with Crippen molar-refractivity contribution in [2.45, 2.75) is 47.2 Å². The third-order valence-corrected chi connectivity index (χ3v) is 6.95. The van der Waals surface area contributed by atoms with Gasteiger partial charge in [0.25, 0.3) is 5.56 Å². The molecule has 33 heavy (non-hydrogen) atoms. The Hall–Kier alpha value is -2.97. The van der Waals surface area contributed by atoms with Crippen LogP contribution >= 0.6 is 22.9 Å². The molecule has 9 heteroatoms. The third-order valence-electron chi connectivity index (χ3n) is 5.72. The number of nitrogens with zero attached hydrogens (tertiary/aromatic N) is 4. The number of carbonyl (C=O) groups excluding carboxylic acids is 1. The molecule has 0 bridgehead atoms. The van der Waals surface area contributed by atoms with Gasteiger partial charge in [-0.15, -0.1) is 0 Å². The number of thiazole rings is 1. The van der Waals surface area contributed by atoms with E-state index in [0.717, 1.165) is 29.1 Å². The normalized spacial score (nSPS) is 16.1. The summed E-state index contributed by atoms with van der Waals surface area (Å²) in [5.74, 6) is -0.483.